The van der Waals surface area contributed by atoms with Gasteiger partial charge >= 0.3 is 0 Å². The third kappa shape index (κ3) is 8.39. The number of amides is 1. The molecule has 0 spiro atoms. The zero-order chi connectivity index (χ0) is 11.8. The monoisotopic (exact) mass is 215 g/mol. The molecule has 2 N–H and O–H groups in total. The smallest absolute Gasteiger partial charge is 0.234 e. The molecule has 4 heteroatoms. The van der Waals surface area contributed by atoms with E-state index in [-0.39, 0.29) is 11.9 Å². The predicted molar refractivity (Wildman–Crippen MR) is 63.9 cm³/mol. The molecular weight excluding hydrogens is 190 g/mol. The van der Waals surface area contributed by atoms with Crippen LogP contribution in [-0.4, -0.2) is 49.6 Å². The van der Waals surface area contributed by atoms with Gasteiger partial charge in [-0.2, -0.15) is 0 Å². The van der Waals surface area contributed by atoms with Crippen molar-refractivity contribution in [2.75, 3.05) is 26.7 Å². The highest BCUT2D eigenvalue weighted by Gasteiger charge is 2.04. The van der Waals surface area contributed by atoms with Crippen molar-refractivity contribution in [2.45, 2.75) is 39.8 Å². The van der Waals surface area contributed by atoms with Crippen LogP contribution in [0.25, 0.3) is 0 Å². The Kier molecular flexibility index (Phi) is 7.34. The van der Waals surface area contributed by atoms with Gasteiger partial charge in [0.2, 0.25) is 5.91 Å². The zero-order valence-corrected chi connectivity index (χ0v) is 10.6. The molecule has 0 fully saturated rings. The minimum absolute atomic E-state index is 0.0669. The quantitative estimate of drug-likeness (QED) is 0.606. The van der Waals surface area contributed by atoms with E-state index in [9.17, 15) is 4.79 Å². The fraction of sp³-hybridized carbons (Fsp3) is 0.909. The van der Waals surface area contributed by atoms with Crippen LogP contribution in [0.2, 0.25) is 0 Å². The first-order valence-electron chi connectivity index (χ1n) is 5.63. The Labute approximate surface area is 93.4 Å². The second-order valence-corrected chi connectivity index (χ2v) is 4.47. The van der Waals surface area contributed by atoms with Gasteiger partial charge in [-0.05, 0) is 34.7 Å². The molecule has 0 bridgehead atoms. The van der Waals surface area contributed by atoms with Gasteiger partial charge in [-0.1, -0.05) is 0 Å². The molecule has 0 aromatic rings. The lowest BCUT2D eigenvalue weighted by molar-refractivity contribution is -0.120. The molecule has 0 aromatic carbocycles. The summed E-state index contributed by atoms with van der Waals surface area (Å²) < 4.78 is 0. The predicted octanol–water partition coefficient (Wildman–Crippen LogP) is 0.441. The first-order chi connectivity index (χ1) is 6.93. The van der Waals surface area contributed by atoms with Gasteiger partial charge in [0.1, 0.15) is 0 Å². The van der Waals surface area contributed by atoms with Gasteiger partial charge in [0.15, 0.2) is 0 Å². The fourth-order valence-electron chi connectivity index (χ4n) is 1.09. The Morgan fingerprint density at radius 2 is 1.87 bits per heavy atom. The van der Waals surface area contributed by atoms with Gasteiger partial charge in [-0.15, -0.1) is 0 Å². The van der Waals surface area contributed by atoms with E-state index in [1.54, 1.807) is 0 Å². The van der Waals surface area contributed by atoms with Crippen LogP contribution < -0.4 is 10.6 Å². The molecule has 4 nitrogen and oxygen atoms in total. The lowest BCUT2D eigenvalue weighted by atomic mass is 10.3. The van der Waals surface area contributed by atoms with E-state index in [0.29, 0.717) is 12.6 Å². The van der Waals surface area contributed by atoms with Crippen molar-refractivity contribution >= 4 is 5.91 Å². The molecule has 1 amide bonds. The summed E-state index contributed by atoms with van der Waals surface area (Å²) in [7, 11) is 2.08. The summed E-state index contributed by atoms with van der Waals surface area (Å²) >= 11 is 0. The number of hydrogen-bond donors (Lipinski definition) is 2. The van der Waals surface area contributed by atoms with Crippen molar-refractivity contribution in [1.82, 2.24) is 15.5 Å². The van der Waals surface area contributed by atoms with Crippen LogP contribution in [0.15, 0.2) is 0 Å². The molecule has 0 radical (unpaired) electrons. The molecule has 0 aliphatic rings. The summed E-state index contributed by atoms with van der Waals surface area (Å²) in [5, 5.41) is 5.96. The summed E-state index contributed by atoms with van der Waals surface area (Å²) in [6, 6.07) is 0.772. The molecule has 15 heavy (non-hydrogen) atoms. The molecule has 0 saturated heterocycles. The van der Waals surface area contributed by atoms with Crippen molar-refractivity contribution in [3.63, 3.8) is 0 Å². The average Bonchev–Trinajstić information content (AvgIpc) is 2.10. The Balaban J connectivity index is 3.42. The van der Waals surface area contributed by atoms with E-state index < -0.39 is 0 Å². The first-order valence-corrected chi connectivity index (χ1v) is 5.63. The van der Waals surface area contributed by atoms with Gasteiger partial charge in [0.05, 0.1) is 6.54 Å². The Hall–Kier alpha value is -0.610. The Bertz CT molecular complexity index is 181. The van der Waals surface area contributed by atoms with Crippen LogP contribution in [0.5, 0.6) is 0 Å². The summed E-state index contributed by atoms with van der Waals surface area (Å²) in [6.45, 7) is 10.5. The number of nitrogens with zero attached hydrogens (tertiary/aromatic N) is 1. The van der Waals surface area contributed by atoms with E-state index >= 15 is 0 Å². The van der Waals surface area contributed by atoms with Gasteiger partial charge in [0, 0.05) is 25.2 Å². The van der Waals surface area contributed by atoms with Crippen LogP contribution in [0, 0.1) is 0 Å². The van der Waals surface area contributed by atoms with Crippen LogP contribution in [-0.2, 0) is 4.79 Å². The highest BCUT2D eigenvalue weighted by atomic mass is 16.1. The number of carbonyl (C=O) groups excluding carboxylic acids is 1. The van der Waals surface area contributed by atoms with Crippen molar-refractivity contribution in [3.05, 3.63) is 0 Å². The third-order valence-corrected chi connectivity index (χ3v) is 2.26. The zero-order valence-electron chi connectivity index (χ0n) is 10.6. The fourth-order valence-corrected chi connectivity index (χ4v) is 1.09. The maximum absolute atomic E-state index is 11.2. The number of likely N-dealkylation sites (N-methyl/N-ethyl adjacent to an activating group) is 1. The average molecular weight is 215 g/mol. The van der Waals surface area contributed by atoms with Gasteiger partial charge < -0.3 is 15.5 Å². The molecule has 0 aliphatic carbocycles. The van der Waals surface area contributed by atoms with Crippen molar-refractivity contribution in [3.8, 4) is 0 Å². The second-order valence-electron chi connectivity index (χ2n) is 4.47. The standard InChI is InChI=1S/C11H25N3O/c1-9(2)13-11(15)8-12-6-7-14(5)10(3)4/h9-10,12H,6-8H2,1-5H3,(H,13,15). The number of nitrogens with one attached hydrogen (secondary N) is 2. The Morgan fingerprint density at radius 1 is 1.27 bits per heavy atom. The molecule has 0 atom stereocenters. The molecule has 0 aliphatic heterocycles. The van der Waals surface area contributed by atoms with E-state index in [1.165, 1.54) is 0 Å². The molecular formula is C11H25N3O. The molecule has 0 heterocycles. The van der Waals surface area contributed by atoms with Crippen molar-refractivity contribution in [1.29, 1.82) is 0 Å². The Morgan fingerprint density at radius 3 is 2.33 bits per heavy atom. The van der Waals surface area contributed by atoms with Crippen LogP contribution in [0.1, 0.15) is 27.7 Å². The molecule has 90 valence electrons. The minimum atomic E-state index is 0.0669. The topological polar surface area (TPSA) is 44.4 Å². The summed E-state index contributed by atoms with van der Waals surface area (Å²) in [6.07, 6.45) is 0. The molecule has 0 rings (SSSR count). The van der Waals surface area contributed by atoms with E-state index in [2.05, 4.69) is 36.4 Å². The van der Waals surface area contributed by atoms with Crippen LogP contribution >= 0.6 is 0 Å². The van der Waals surface area contributed by atoms with E-state index in [1.807, 2.05) is 13.8 Å². The van der Waals surface area contributed by atoms with E-state index in [4.69, 9.17) is 0 Å². The number of hydrogen-bond acceptors (Lipinski definition) is 3. The largest absolute Gasteiger partial charge is 0.353 e. The maximum atomic E-state index is 11.2. The summed E-state index contributed by atoms with van der Waals surface area (Å²) in [4.78, 5) is 13.5. The van der Waals surface area contributed by atoms with Crippen LogP contribution in [0.4, 0.5) is 0 Å². The lowest BCUT2D eigenvalue weighted by Crippen LogP contribution is -2.40. The maximum Gasteiger partial charge on any atom is 0.234 e. The van der Waals surface area contributed by atoms with Crippen molar-refractivity contribution in [2.24, 2.45) is 0 Å². The van der Waals surface area contributed by atoms with Gasteiger partial charge in [-0.25, -0.2) is 0 Å². The highest BCUT2D eigenvalue weighted by molar-refractivity contribution is 5.78. The van der Waals surface area contributed by atoms with Crippen molar-refractivity contribution < 1.29 is 4.79 Å². The minimum Gasteiger partial charge on any atom is -0.353 e. The highest BCUT2D eigenvalue weighted by Crippen LogP contribution is 1.90. The lowest BCUT2D eigenvalue weighted by Gasteiger charge is -2.20. The molecule has 0 aromatic heterocycles. The second kappa shape index (κ2) is 7.65. The number of carbonyl (C=O) groups is 1. The summed E-state index contributed by atoms with van der Waals surface area (Å²) in [5.74, 6) is 0.0669. The third-order valence-electron chi connectivity index (χ3n) is 2.26. The summed E-state index contributed by atoms with van der Waals surface area (Å²) in [5.41, 5.74) is 0. The van der Waals surface area contributed by atoms with Crippen LogP contribution in [0.3, 0.4) is 0 Å². The SMILES string of the molecule is CC(C)NC(=O)CNCCN(C)C(C)C. The molecule has 0 unspecified atom stereocenters. The number of rotatable bonds is 7. The van der Waals surface area contributed by atoms with Gasteiger partial charge in [-0.3, -0.25) is 4.79 Å². The van der Waals surface area contributed by atoms with Gasteiger partial charge in [0.25, 0.3) is 0 Å². The first kappa shape index (κ1) is 14.4. The molecule has 0 saturated carbocycles. The normalized spacial score (nSPS) is 11.5. The van der Waals surface area contributed by atoms with E-state index in [0.717, 1.165) is 13.1 Å².